The molecule has 1 saturated heterocycles. The molecule has 3 rings (SSSR count). The molecule has 2 heterocycles. The Morgan fingerprint density at radius 1 is 1.30 bits per heavy atom. The van der Waals surface area contributed by atoms with Crippen molar-refractivity contribution in [2.45, 2.75) is 6.04 Å². The number of hydrogen-bond acceptors (Lipinski definition) is 5. The lowest BCUT2D eigenvalue weighted by molar-refractivity contribution is 0.0734. The van der Waals surface area contributed by atoms with Gasteiger partial charge in [-0.3, -0.25) is 0 Å². The smallest absolute Gasteiger partial charge is 0.263 e. The summed E-state index contributed by atoms with van der Waals surface area (Å²) in [5, 5.41) is 6.88. The summed E-state index contributed by atoms with van der Waals surface area (Å²) in [6, 6.07) is 2.05. The minimum atomic E-state index is -0.764. The van der Waals surface area contributed by atoms with Crippen molar-refractivity contribution < 1.29 is 18.0 Å². The van der Waals surface area contributed by atoms with Crippen molar-refractivity contribution in [2.24, 2.45) is 0 Å². The molecule has 1 fully saturated rings. The molecule has 5 nitrogen and oxygen atoms in total. The van der Waals surface area contributed by atoms with Gasteiger partial charge in [-0.05, 0) is 12.1 Å². The maximum absolute atomic E-state index is 13.8. The fourth-order valence-electron chi connectivity index (χ4n) is 1.96. The molecule has 1 atom stereocenters. The molecule has 20 heavy (non-hydrogen) atoms. The van der Waals surface area contributed by atoms with Crippen LogP contribution in [0.5, 0.6) is 0 Å². The van der Waals surface area contributed by atoms with Gasteiger partial charge >= 0.3 is 0 Å². The molecule has 1 aliphatic heterocycles. The van der Waals surface area contributed by atoms with Gasteiger partial charge in [0.2, 0.25) is 0 Å². The van der Waals surface area contributed by atoms with Crippen molar-refractivity contribution in [3.8, 4) is 11.5 Å². The zero-order chi connectivity index (χ0) is 14.1. The number of nitrogens with zero attached hydrogens (tertiary/aromatic N) is 2. The molecule has 2 aromatic rings. The summed E-state index contributed by atoms with van der Waals surface area (Å²) in [5.74, 6) is -1.39. The molecule has 1 aliphatic rings. The number of nitrogens with one attached hydrogen (secondary N) is 1. The molecular formula is C12H10BrF2N3O2. The van der Waals surface area contributed by atoms with Crippen LogP contribution >= 0.6 is 15.9 Å². The van der Waals surface area contributed by atoms with E-state index in [4.69, 9.17) is 9.26 Å². The topological polar surface area (TPSA) is 60.2 Å². The van der Waals surface area contributed by atoms with Gasteiger partial charge in [0.25, 0.3) is 5.89 Å². The second-order valence-electron chi connectivity index (χ2n) is 4.28. The van der Waals surface area contributed by atoms with E-state index in [1.54, 1.807) is 0 Å². The summed E-state index contributed by atoms with van der Waals surface area (Å²) >= 11 is 3.01. The molecular weight excluding hydrogens is 336 g/mol. The Balaban J connectivity index is 1.94. The van der Waals surface area contributed by atoms with Crippen LogP contribution in [-0.2, 0) is 4.74 Å². The fraction of sp³-hybridized carbons (Fsp3) is 0.333. The predicted molar refractivity (Wildman–Crippen MR) is 68.9 cm³/mol. The van der Waals surface area contributed by atoms with Crippen molar-refractivity contribution in [3.05, 3.63) is 34.1 Å². The van der Waals surface area contributed by atoms with Crippen LogP contribution in [0.3, 0.4) is 0 Å². The van der Waals surface area contributed by atoms with Crippen LogP contribution in [0.15, 0.2) is 21.1 Å². The second-order valence-corrected chi connectivity index (χ2v) is 5.20. The summed E-state index contributed by atoms with van der Waals surface area (Å²) in [5.41, 5.74) is -0.330. The Kier molecular flexibility index (Phi) is 3.77. The van der Waals surface area contributed by atoms with Crippen molar-refractivity contribution in [3.63, 3.8) is 0 Å². The summed E-state index contributed by atoms with van der Waals surface area (Å²) in [6.45, 7) is 1.66. The number of aromatic nitrogens is 2. The number of rotatable bonds is 2. The highest BCUT2D eigenvalue weighted by Crippen LogP contribution is 2.28. The van der Waals surface area contributed by atoms with E-state index in [2.05, 4.69) is 31.4 Å². The third-order valence-electron chi connectivity index (χ3n) is 2.90. The van der Waals surface area contributed by atoms with E-state index >= 15 is 0 Å². The molecule has 8 heteroatoms. The van der Waals surface area contributed by atoms with Crippen molar-refractivity contribution in [1.82, 2.24) is 15.5 Å². The number of morpholine rings is 1. The third kappa shape index (κ3) is 2.58. The maximum atomic E-state index is 13.8. The fourth-order valence-corrected chi connectivity index (χ4v) is 2.36. The lowest BCUT2D eigenvalue weighted by Gasteiger charge is -2.20. The Bertz CT molecular complexity index is 606. The Hall–Kier alpha value is -1.38. The van der Waals surface area contributed by atoms with Crippen LogP contribution in [0.25, 0.3) is 11.5 Å². The molecule has 0 radical (unpaired) electrons. The first kappa shape index (κ1) is 13.6. The quantitative estimate of drug-likeness (QED) is 0.905. The third-order valence-corrected chi connectivity index (χ3v) is 3.35. The molecule has 1 unspecified atom stereocenters. The molecule has 0 amide bonds. The number of halogens is 3. The first-order valence-corrected chi connectivity index (χ1v) is 6.74. The lowest BCUT2D eigenvalue weighted by atomic mass is 10.2. The number of ether oxygens (including phenoxy) is 1. The largest absolute Gasteiger partial charge is 0.378 e. The lowest BCUT2D eigenvalue weighted by Crippen LogP contribution is -2.35. The Morgan fingerprint density at radius 3 is 2.70 bits per heavy atom. The molecule has 0 saturated carbocycles. The molecule has 1 N–H and O–H groups in total. The predicted octanol–water partition coefficient (Wildman–Crippen LogP) is 2.44. The van der Waals surface area contributed by atoms with Gasteiger partial charge < -0.3 is 14.6 Å². The Labute approximate surface area is 121 Å². The van der Waals surface area contributed by atoms with Gasteiger partial charge in [0.05, 0.1) is 19.3 Å². The maximum Gasteiger partial charge on any atom is 0.263 e. The average molecular weight is 346 g/mol. The van der Waals surface area contributed by atoms with Crippen LogP contribution in [0, 0.1) is 11.6 Å². The van der Waals surface area contributed by atoms with Crippen LogP contribution in [0.4, 0.5) is 8.78 Å². The molecule has 0 spiro atoms. The van der Waals surface area contributed by atoms with Crippen molar-refractivity contribution in [2.75, 3.05) is 19.8 Å². The highest BCUT2D eigenvalue weighted by atomic mass is 79.9. The van der Waals surface area contributed by atoms with Gasteiger partial charge in [-0.15, -0.1) is 0 Å². The molecule has 0 aliphatic carbocycles. The summed E-state index contributed by atoms with van der Waals surface area (Å²) in [4.78, 5) is 4.04. The monoisotopic (exact) mass is 345 g/mol. The molecule has 1 aromatic heterocycles. The average Bonchev–Trinajstić information content (AvgIpc) is 2.88. The zero-order valence-electron chi connectivity index (χ0n) is 10.2. The van der Waals surface area contributed by atoms with E-state index in [0.717, 1.165) is 12.1 Å². The minimum Gasteiger partial charge on any atom is -0.378 e. The van der Waals surface area contributed by atoms with E-state index in [1.807, 2.05) is 0 Å². The number of hydrogen-bond donors (Lipinski definition) is 1. The highest BCUT2D eigenvalue weighted by molar-refractivity contribution is 9.10. The van der Waals surface area contributed by atoms with E-state index in [-0.39, 0.29) is 17.5 Å². The van der Waals surface area contributed by atoms with Gasteiger partial charge in [-0.1, -0.05) is 21.1 Å². The summed E-state index contributed by atoms with van der Waals surface area (Å²) in [6.07, 6.45) is 0. The van der Waals surface area contributed by atoms with Gasteiger partial charge in [0.15, 0.2) is 5.82 Å². The van der Waals surface area contributed by atoms with Crippen molar-refractivity contribution >= 4 is 15.9 Å². The van der Waals surface area contributed by atoms with Crippen LogP contribution in [0.2, 0.25) is 0 Å². The molecule has 0 bridgehead atoms. The second kappa shape index (κ2) is 5.55. The molecule has 106 valence electrons. The zero-order valence-corrected chi connectivity index (χ0v) is 11.8. The van der Waals surface area contributed by atoms with E-state index in [0.29, 0.717) is 30.1 Å². The normalized spacial score (nSPS) is 19.2. The van der Waals surface area contributed by atoms with Crippen molar-refractivity contribution in [1.29, 1.82) is 0 Å². The summed E-state index contributed by atoms with van der Waals surface area (Å²) in [7, 11) is 0. The summed E-state index contributed by atoms with van der Waals surface area (Å²) < 4.78 is 38.2. The first-order valence-electron chi connectivity index (χ1n) is 5.95. The Morgan fingerprint density at radius 2 is 2.05 bits per heavy atom. The number of benzene rings is 1. The van der Waals surface area contributed by atoms with Gasteiger partial charge in [-0.2, -0.15) is 4.98 Å². The van der Waals surface area contributed by atoms with Gasteiger partial charge in [-0.25, -0.2) is 8.78 Å². The van der Waals surface area contributed by atoms with Gasteiger partial charge in [0, 0.05) is 11.0 Å². The van der Waals surface area contributed by atoms with Crippen LogP contribution in [0.1, 0.15) is 11.9 Å². The van der Waals surface area contributed by atoms with E-state index in [9.17, 15) is 8.78 Å². The molecule has 1 aromatic carbocycles. The first-order chi connectivity index (χ1) is 9.65. The van der Waals surface area contributed by atoms with E-state index in [1.165, 1.54) is 0 Å². The van der Waals surface area contributed by atoms with E-state index < -0.39 is 11.6 Å². The van der Waals surface area contributed by atoms with Gasteiger partial charge in [0.1, 0.15) is 17.2 Å². The SMILES string of the molecule is Fc1cc(Br)cc(F)c1-c1nc(C2COCCN2)no1. The highest BCUT2D eigenvalue weighted by Gasteiger charge is 2.24. The van der Waals surface area contributed by atoms with Crippen LogP contribution in [-0.4, -0.2) is 29.9 Å². The minimum absolute atomic E-state index is 0.185. The standard InChI is InChI=1S/C12H10BrF2N3O2/c13-6-3-7(14)10(8(15)4-6)12-17-11(18-20-12)9-5-19-2-1-16-9/h3-4,9,16H,1-2,5H2. The van der Waals surface area contributed by atoms with Crippen LogP contribution < -0.4 is 5.32 Å².